The predicted octanol–water partition coefficient (Wildman–Crippen LogP) is 0.822. The fourth-order valence-corrected chi connectivity index (χ4v) is 2.08. The van der Waals surface area contributed by atoms with Gasteiger partial charge < -0.3 is 15.2 Å². The van der Waals surface area contributed by atoms with Crippen molar-refractivity contribution >= 4 is 17.6 Å². The van der Waals surface area contributed by atoms with E-state index < -0.39 is 12.1 Å². The summed E-state index contributed by atoms with van der Waals surface area (Å²) in [5, 5.41) is 0. The molecule has 1 unspecified atom stereocenters. The number of nitrogens with zero attached hydrogens (tertiary/aromatic N) is 1. The van der Waals surface area contributed by atoms with Crippen molar-refractivity contribution in [3.8, 4) is 5.75 Å². The van der Waals surface area contributed by atoms with E-state index in [9.17, 15) is 9.59 Å². The fourth-order valence-electron chi connectivity index (χ4n) is 2.08. The van der Waals surface area contributed by atoms with Crippen molar-refractivity contribution in [3.63, 3.8) is 0 Å². The summed E-state index contributed by atoms with van der Waals surface area (Å²) in [5.74, 6) is -0.141. The molecule has 1 aromatic rings. The van der Waals surface area contributed by atoms with Crippen molar-refractivity contribution < 1.29 is 19.1 Å². The first-order valence-electron chi connectivity index (χ1n) is 6.53. The normalized spacial score (nSPS) is 17.4. The van der Waals surface area contributed by atoms with Gasteiger partial charge in [-0.3, -0.25) is 14.5 Å². The van der Waals surface area contributed by atoms with E-state index in [1.807, 2.05) is 6.07 Å². The van der Waals surface area contributed by atoms with Crippen LogP contribution >= 0.6 is 0 Å². The number of anilines is 1. The molecule has 6 nitrogen and oxygen atoms in total. The van der Waals surface area contributed by atoms with Crippen LogP contribution in [0.25, 0.3) is 0 Å². The van der Waals surface area contributed by atoms with E-state index in [2.05, 4.69) is 0 Å². The van der Waals surface area contributed by atoms with Crippen molar-refractivity contribution in [2.24, 2.45) is 5.73 Å². The van der Waals surface area contributed by atoms with Gasteiger partial charge in [0.25, 0.3) is 5.91 Å². The Morgan fingerprint density at radius 2 is 2.25 bits per heavy atom. The molecule has 0 aliphatic carbocycles. The Labute approximate surface area is 117 Å². The topological polar surface area (TPSA) is 81.9 Å². The second-order valence-corrected chi connectivity index (χ2v) is 4.50. The lowest BCUT2D eigenvalue weighted by Gasteiger charge is -2.32. The number of amides is 1. The third-order valence-corrected chi connectivity index (χ3v) is 3.06. The Morgan fingerprint density at radius 1 is 1.50 bits per heavy atom. The molecule has 6 heteroatoms. The van der Waals surface area contributed by atoms with E-state index in [4.69, 9.17) is 15.2 Å². The first-order chi connectivity index (χ1) is 9.56. The number of nitrogens with two attached hydrogens (primary N) is 1. The monoisotopic (exact) mass is 278 g/mol. The molecule has 0 fully saturated rings. The summed E-state index contributed by atoms with van der Waals surface area (Å²) < 4.78 is 10.4. The molecule has 1 atom stereocenters. The van der Waals surface area contributed by atoms with E-state index in [1.54, 1.807) is 26.0 Å². The van der Waals surface area contributed by atoms with E-state index in [1.165, 1.54) is 4.90 Å². The molecule has 1 heterocycles. The molecule has 0 aromatic heterocycles. The molecule has 0 saturated heterocycles. The molecule has 1 aliphatic heterocycles. The molecule has 0 saturated carbocycles. The zero-order valence-electron chi connectivity index (χ0n) is 11.6. The molecule has 108 valence electrons. The number of carbonyl (C=O) groups excluding carboxylic acids is 2. The predicted molar refractivity (Wildman–Crippen MR) is 73.4 cm³/mol. The van der Waals surface area contributed by atoms with Gasteiger partial charge in [-0.05, 0) is 31.5 Å². The largest absolute Gasteiger partial charge is 0.479 e. The van der Waals surface area contributed by atoms with E-state index >= 15 is 0 Å². The molecule has 1 amide bonds. The summed E-state index contributed by atoms with van der Waals surface area (Å²) in [6, 6.07) is 5.36. The van der Waals surface area contributed by atoms with Gasteiger partial charge in [-0.2, -0.15) is 0 Å². The van der Waals surface area contributed by atoms with Crippen LogP contribution in [0.1, 0.15) is 19.4 Å². The highest BCUT2D eigenvalue weighted by Gasteiger charge is 2.33. The van der Waals surface area contributed by atoms with Crippen LogP contribution in [0.4, 0.5) is 5.69 Å². The molecule has 0 radical (unpaired) electrons. The summed E-state index contributed by atoms with van der Waals surface area (Å²) in [6.07, 6.45) is -0.624. The maximum Gasteiger partial charge on any atom is 0.326 e. The molecule has 20 heavy (non-hydrogen) atoms. The Balaban J connectivity index is 2.34. The molecule has 0 spiro atoms. The van der Waals surface area contributed by atoms with Gasteiger partial charge in [0, 0.05) is 6.54 Å². The molecule has 1 aliphatic rings. The maximum absolute atomic E-state index is 12.2. The molecule has 2 N–H and O–H groups in total. The minimum atomic E-state index is -0.624. The minimum absolute atomic E-state index is 0.124. The quantitative estimate of drug-likeness (QED) is 0.825. The van der Waals surface area contributed by atoms with Crippen LogP contribution in [0.5, 0.6) is 5.75 Å². The maximum atomic E-state index is 12.2. The number of fused-ring (bicyclic) bond motifs is 1. The average Bonchev–Trinajstić information content (AvgIpc) is 2.44. The van der Waals surface area contributed by atoms with Gasteiger partial charge in [-0.15, -0.1) is 0 Å². The second kappa shape index (κ2) is 5.92. The summed E-state index contributed by atoms with van der Waals surface area (Å²) in [6.45, 7) is 3.89. The van der Waals surface area contributed by atoms with Crippen molar-refractivity contribution in [1.82, 2.24) is 0 Å². The molecule has 1 aromatic carbocycles. The third kappa shape index (κ3) is 2.75. The van der Waals surface area contributed by atoms with Crippen LogP contribution in [0.2, 0.25) is 0 Å². The zero-order chi connectivity index (χ0) is 14.7. The van der Waals surface area contributed by atoms with Crippen LogP contribution in [-0.4, -0.2) is 31.1 Å². The van der Waals surface area contributed by atoms with Gasteiger partial charge in [-0.25, -0.2) is 0 Å². The number of rotatable bonds is 4. The smallest absolute Gasteiger partial charge is 0.326 e. The lowest BCUT2D eigenvalue weighted by molar-refractivity contribution is -0.143. The summed E-state index contributed by atoms with van der Waals surface area (Å²) in [7, 11) is 0. The standard InChI is InChI=1S/C14H18N2O4/c1-3-19-13(17)8-16-11-6-10(7-15)4-5-12(11)20-9(2)14(16)18/h4-6,9H,3,7-8,15H2,1-2H3. The number of benzene rings is 1. The van der Waals surface area contributed by atoms with Gasteiger partial charge in [0.05, 0.1) is 12.3 Å². The van der Waals surface area contributed by atoms with Crippen LogP contribution in [-0.2, 0) is 20.9 Å². The molecule has 2 rings (SSSR count). The van der Waals surface area contributed by atoms with Gasteiger partial charge >= 0.3 is 5.97 Å². The Bertz CT molecular complexity index is 530. The molecular weight excluding hydrogens is 260 g/mol. The number of esters is 1. The number of hydrogen-bond acceptors (Lipinski definition) is 5. The van der Waals surface area contributed by atoms with Gasteiger partial charge in [0.15, 0.2) is 6.10 Å². The summed E-state index contributed by atoms with van der Waals surface area (Å²) in [5.41, 5.74) is 7.03. The lowest BCUT2D eigenvalue weighted by atomic mass is 10.1. The Kier molecular flexibility index (Phi) is 4.24. The average molecular weight is 278 g/mol. The zero-order valence-corrected chi connectivity index (χ0v) is 11.6. The van der Waals surface area contributed by atoms with Crippen molar-refractivity contribution in [2.45, 2.75) is 26.5 Å². The second-order valence-electron chi connectivity index (χ2n) is 4.50. The number of hydrogen-bond donors (Lipinski definition) is 1. The van der Waals surface area contributed by atoms with Crippen LogP contribution in [0, 0.1) is 0 Å². The summed E-state index contributed by atoms with van der Waals surface area (Å²) in [4.78, 5) is 25.2. The minimum Gasteiger partial charge on any atom is -0.479 e. The van der Waals surface area contributed by atoms with Crippen LogP contribution < -0.4 is 15.4 Å². The van der Waals surface area contributed by atoms with Crippen molar-refractivity contribution in [1.29, 1.82) is 0 Å². The third-order valence-electron chi connectivity index (χ3n) is 3.06. The van der Waals surface area contributed by atoms with Crippen LogP contribution in [0.3, 0.4) is 0 Å². The van der Waals surface area contributed by atoms with Crippen molar-refractivity contribution in [3.05, 3.63) is 23.8 Å². The number of ether oxygens (including phenoxy) is 2. The van der Waals surface area contributed by atoms with Crippen LogP contribution in [0.15, 0.2) is 18.2 Å². The lowest BCUT2D eigenvalue weighted by Crippen LogP contribution is -2.47. The molecule has 0 bridgehead atoms. The highest BCUT2D eigenvalue weighted by molar-refractivity contribution is 6.03. The summed E-state index contributed by atoms with van der Waals surface area (Å²) >= 11 is 0. The Hall–Kier alpha value is -2.08. The SMILES string of the molecule is CCOC(=O)CN1C(=O)C(C)Oc2ccc(CN)cc21. The highest BCUT2D eigenvalue weighted by atomic mass is 16.5. The van der Waals surface area contributed by atoms with Gasteiger partial charge in [-0.1, -0.05) is 6.07 Å². The Morgan fingerprint density at radius 3 is 2.90 bits per heavy atom. The van der Waals surface area contributed by atoms with Gasteiger partial charge in [0.1, 0.15) is 12.3 Å². The molecular formula is C14H18N2O4. The first kappa shape index (κ1) is 14.3. The van der Waals surface area contributed by atoms with Crippen molar-refractivity contribution in [2.75, 3.05) is 18.1 Å². The highest BCUT2D eigenvalue weighted by Crippen LogP contribution is 2.34. The fraction of sp³-hybridized carbons (Fsp3) is 0.429. The van der Waals surface area contributed by atoms with Gasteiger partial charge in [0.2, 0.25) is 0 Å². The van der Waals surface area contributed by atoms with E-state index in [0.29, 0.717) is 18.0 Å². The van der Waals surface area contributed by atoms with E-state index in [0.717, 1.165) is 5.56 Å². The van der Waals surface area contributed by atoms with E-state index in [-0.39, 0.29) is 19.1 Å². The first-order valence-corrected chi connectivity index (χ1v) is 6.53. The number of carbonyl (C=O) groups is 2.